The molecule has 0 aliphatic carbocycles. The normalized spacial score (nSPS) is 11.0. The molecule has 0 bridgehead atoms. The van der Waals surface area contributed by atoms with E-state index in [1.165, 1.54) is 21.5 Å². The van der Waals surface area contributed by atoms with Gasteiger partial charge >= 0.3 is 0 Å². The minimum absolute atomic E-state index is 0.994. The fourth-order valence-electron chi connectivity index (χ4n) is 2.88. The molecular weight excluding hydrogens is 304 g/mol. The smallest absolute Gasteiger partial charge is 0.0597 e. The third-order valence-corrected chi connectivity index (χ3v) is 4.24. The molecule has 0 fully saturated rings. The number of nitrogens with one attached hydrogen (secondary N) is 1. The quantitative estimate of drug-likeness (QED) is 0.380. The van der Waals surface area contributed by atoms with Gasteiger partial charge in [0.25, 0.3) is 0 Å². The molecule has 1 N–H and O–H groups in total. The highest BCUT2D eigenvalue weighted by Crippen LogP contribution is 2.29. The lowest BCUT2D eigenvalue weighted by Crippen LogP contribution is -2.25. The maximum atomic E-state index is 6.01. The molecule has 2 nitrogen and oxygen atoms in total. The molecule has 0 aliphatic heterocycles. The summed E-state index contributed by atoms with van der Waals surface area (Å²) in [6, 6.07) is 29.2. The Labute approximate surface area is 140 Å². The summed E-state index contributed by atoms with van der Waals surface area (Å²) in [5, 5.41) is 6.67. The molecule has 4 aromatic rings. The molecule has 23 heavy (non-hydrogen) atoms. The van der Waals surface area contributed by atoms with Crippen LogP contribution in [0.1, 0.15) is 0 Å². The van der Waals surface area contributed by atoms with Gasteiger partial charge in [-0.15, -0.1) is 4.94 Å². The molecule has 0 aromatic heterocycles. The van der Waals surface area contributed by atoms with Gasteiger partial charge in [-0.1, -0.05) is 60.7 Å². The summed E-state index contributed by atoms with van der Waals surface area (Å²) in [7, 11) is 0. The average molecular weight is 319 g/mol. The third-order valence-electron chi connectivity index (χ3n) is 4.07. The first kappa shape index (κ1) is 14.1. The van der Waals surface area contributed by atoms with Crippen LogP contribution in [0.4, 0.5) is 11.4 Å². The van der Waals surface area contributed by atoms with Crippen molar-refractivity contribution in [2.75, 3.05) is 5.01 Å². The zero-order valence-corrected chi connectivity index (χ0v) is 13.2. The molecule has 0 radical (unpaired) electrons. The van der Waals surface area contributed by atoms with Crippen molar-refractivity contribution in [1.82, 2.24) is 4.94 Å². The first-order valence-electron chi connectivity index (χ1n) is 7.49. The Kier molecular flexibility index (Phi) is 3.62. The highest BCUT2D eigenvalue weighted by atomic mass is 35.5. The van der Waals surface area contributed by atoms with Crippen LogP contribution in [0.15, 0.2) is 84.9 Å². The summed E-state index contributed by atoms with van der Waals surface area (Å²) in [6.45, 7) is 0. The van der Waals surface area contributed by atoms with E-state index in [4.69, 9.17) is 11.8 Å². The molecule has 0 unspecified atom stereocenters. The van der Waals surface area contributed by atoms with Gasteiger partial charge in [0.05, 0.1) is 11.4 Å². The van der Waals surface area contributed by atoms with Crippen LogP contribution in [0.2, 0.25) is 0 Å². The van der Waals surface area contributed by atoms with E-state index in [9.17, 15) is 0 Å². The zero-order chi connectivity index (χ0) is 15.6. The number of halogens is 1. The van der Waals surface area contributed by atoms with Crippen molar-refractivity contribution in [3.63, 3.8) is 0 Å². The van der Waals surface area contributed by atoms with Crippen molar-refractivity contribution in [3.05, 3.63) is 84.9 Å². The van der Waals surface area contributed by atoms with Crippen LogP contribution in [0.25, 0.3) is 21.5 Å². The number of fused-ring (bicyclic) bond motifs is 2. The largest absolute Gasteiger partial charge is 0.263 e. The molecule has 0 aliphatic rings. The summed E-state index contributed by atoms with van der Waals surface area (Å²) < 4.78 is 0. The Morgan fingerprint density at radius 2 is 1.00 bits per heavy atom. The van der Waals surface area contributed by atoms with Crippen LogP contribution in [0, 0.1) is 0 Å². The van der Waals surface area contributed by atoms with Gasteiger partial charge in [0, 0.05) is 0 Å². The summed E-state index contributed by atoms with van der Waals surface area (Å²) in [5.74, 6) is 0. The summed E-state index contributed by atoms with van der Waals surface area (Å²) in [6.07, 6.45) is 0. The molecule has 0 saturated carbocycles. The van der Waals surface area contributed by atoms with E-state index in [-0.39, 0.29) is 0 Å². The molecular formula is C20H15ClN2. The summed E-state index contributed by atoms with van der Waals surface area (Å²) in [4.78, 5) is 2.77. The van der Waals surface area contributed by atoms with Crippen LogP contribution < -0.4 is 9.95 Å². The molecule has 112 valence electrons. The van der Waals surface area contributed by atoms with Crippen molar-refractivity contribution in [1.29, 1.82) is 0 Å². The van der Waals surface area contributed by atoms with Crippen LogP contribution in [-0.4, -0.2) is 0 Å². The van der Waals surface area contributed by atoms with Gasteiger partial charge in [-0.3, -0.25) is 5.01 Å². The fraction of sp³-hybridized carbons (Fsp3) is 0. The van der Waals surface area contributed by atoms with E-state index >= 15 is 0 Å². The number of anilines is 2. The zero-order valence-electron chi connectivity index (χ0n) is 12.4. The maximum absolute atomic E-state index is 6.01. The lowest BCUT2D eigenvalue weighted by atomic mass is 10.1. The van der Waals surface area contributed by atoms with E-state index < -0.39 is 0 Å². The highest BCUT2D eigenvalue weighted by molar-refractivity contribution is 6.14. The monoisotopic (exact) mass is 318 g/mol. The Balaban J connectivity index is 1.81. The van der Waals surface area contributed by atoms with Gasteiger partial charge in [0.2, 0.25) is 0 Å². The van der Waals surface area contributed by atoms with Gasteiger partial charge in [0.15, 0.2) is 0 Å². The third kappa shape index (κ3) is 2.63. The Hall–Kier alpha value is -2.55. The van der Waals surface area contributed by atoms with E-state index in [1.807, 2.05) is 29.3 Å². The molecule has 0 amide bonds. The van der Waals surface area contributed by atoms with Crippen molar-refractivity contribution in [2.45, 2.75) is 0 Å². The van der Waals surface area contributed by atoms with Crippen molar-refractivity contribution in [2.24, 2.45) is 0 Å². The van der Waals surface area contributed by atoms with Gasteiger partial charge in [-0.25, -0.2) is 0 Å². The summed E-state index contributed by atoms with van der Waals surface area (Å²) in [5.41, 5.74) is 1.99. The number of rotatable bonds is 3. The van der Waals surface area contributed by atoms with E-state index in [1.54, 1.807) is 0 Å². The van der Waals surface area contributed by atoms with Crippen LogP contribution in [-0.2, 0) is 0 Å². The van der Waals surface area contributed by atoms with Crippen molar-refractivity contribution < 1.29 is 0 Å². The van der Waals surface area contributed by atoms with Crippen LogP contribution in [0.5, 0.6) is 0 Å². The molecule has 4 rings (SSSR count). The Bertz CT molecular complexity index is 902. The second-order valence-corrected chi connectivity index (χ2v) is 5.65. The van der Waals surface area contributed by atoms with Crippen LogP contribution in [0.3, 0.4) is 0 Å². The molecule has 4 aromatic carbocycles. The Morgan fingerprint density at radius 1 is 0.565 bits per heavy atom. The molecule has 0 atom stereocenters. The minimum atomic E-state index is 0.994. The van der Waals surface area contributed by atoms with Crippen molar-refractivity contribution >= 4 is 44.7 Å². The van der Waals surface area contributed by atoms with Crippen molar-refractivity contribution in [3.8, 4) is 0 Å². The lowest BCUT2D eigenvalue weighted by Gasteiger charge is -2.22. The summed E-state index contributed by atoms with van der Waals surface area (Å²) >= 11 is 6.01. The molecule has 3 heteroatoms. The van der Waals surface area contributed by atoms with Crippen LogP contribution >= 0.6 is 11.8 Å². The fourth-order valence-corrected chi connectivity index (χ4v) is 3.07. The van der Waals surface area contributed by atoms with E-state index in [2.05, 4.69) is 65.6 Å². The second-order valence-electron chi connectivity index (χ2n) is 5.48. The maximum Gasteiger partial charge on any atom is 0.0597 e. The highest BCUT2D eigenvalue weighted by Gasteiger charge is 2.09. The number of hydrogen-bond donors (Lipinski definition) is 1. The first-order chi connectivity index (χ1) is 11.3. The number of hydrogen-bond acceptors (Lipinski definition) is 2. The predicted octanol–water partition coefficient (Wildman–Crippen LogP) is 5.79. The van der Waals surface area contributed by atoms with Gasteiger partial charge in [-0.05, 0) is 57.6 Å². The molecule has 0 spiro atoms. The second kappa shape index (κ2) is 5.92. The minimum Gasteiger partial charge on any atom is -0.263 e. The van der Waals surface area contributed by atoms with Gasteiger partial charge < -0.3 is 0 Å². The Morgan fingerprint density at radius 3 is 1.43 bits per heavy atom. The molecule has 0 saturated heterocycles. The topological polar surface area (TPSA) is 15.3 Å². The lowest BCUT2D eigenvalue weighted by molar-refractivity contribution is 0.984. The SMILES string of the molecule is ClNN(c1ccc2ccccc2c1)c1ccc2ccccc2c1. The average Bonchev–Trinajstić information content (AvgIpc) is 2.62. The van der Waals surface area contributed by atoms with E-state index in [0.29, 0.717) is 0 Å². The van der Waals surface area contributed by atoms with Gasteiger partial charge in [0.1, 0.15) is 0 Å². The standard InChI is InChI=1S/C20H15ClN2/c21-22-23(19-11-9-15-5-1-3-7-17(15)13-19)20-12-10-16-6-2-4-8-18(16)14-20/h1-14,22H. The first-order valence-corrected chi connectivity index (χ1v) is 7.87. The van der Waals surface area contributed by atoms with Gasteiger partial charge in [-0.2, -0.15) is 0 Å². The number of nitrogens with zero attached hydrogens (tertiary/aromatic N) is 1. The number of benzene rings is 4. The number of hydrazine groups is 1. The predicted molar refractivity (Wildman–Crippen MR) is 99.0 cm³/mol. The molecule has 0 heterocycles. The van der Waals surface area contributed by atoms with E-state index in [0.717, 1.165) is 11.4 Å².